The van der Waals surface area contributed by atoms with Gasteiger partial charge in [-0.1, -0.05) is 11.2 Å². The molecule has 0 aliphatic rings. The summed E-state index contributed by atoms with van der Waals surface area (Å²) in [6.07, 6.45) is 1.26. The van der Waals surface area contributed by atoms with E-state index in [-0.39, 0.29) is 6.61 Å². The highest BCUT2D eigenvalue weighted by molar-refractivity contribution is 5.43. The first-order valence-electron chi connectivity index (χ1n) is 5.67. The van der Waals surface area contributed by atoms with Crippen molar-refractivity contribution in [3.63, 3.8) is 0 Å². The number of aromatic nitrogens is 2. The Hall–Kier alpha value is -2.08. The Labute approximate surface area is 105 Å². The molecule has 0 amide bonds. The van der Waals surface area contributed by atoms with Gasteiger partial charge in [0.25, 0.3) is 0 Å². The third kappa shape index (κ3) is 2.98. The molecule has 2 rings (SSSR count). The second-order valence-corrected chi connectivity index (χ2v) is 3.55. The molecular weight excluding hydrogens is 234 g/mol. The van der Waals surface area contributed by atoms with E-state index >= 15 is 0 Å². The molecule has 2 N–H and O–H groups in total. The van der Waals surface area contributed by atoms with Crippen molar-refractivity contribution in [3.8, 4) is 11.5 Å². The lowest BCUT2D eigenvalue weighted by molar-refractivity contribution is 0.258. The van der Waals surface area contributed by atoms with Gasteiger partial charge in [-0.15, -0.1) is 0 Å². The second kappa shape index (κ2) is 6.02. The van der Waals surface area contributed by atoms with Gasteiger partial charge < -0.3 is 19.7 Å². The molecule has 0 atom stereocenters. The van der Waals surface area contributed by atoms with Gasteiger partial charge in [-0.3, -0.25) is 0 Å². The lowest BCUT2D eigenvalue weighted by Gasteiger charge is -2.11. The van der Waals surface area contributed by atoms with E-state index in [4.69, 9.17) is 15.2 Å². The van der Waals surface area contributed by atoms with E-state index in [9.17, 15) is 0 Å². The number of rotatable bonds is 6. The van der Waals surface area contributed by atoms with E-state index in [2.05, 4.69) is 14.7 Å². The van der Waals surface area contributed by atoms with Crippen molar-refractivity contribution in [1.82, 2.24) is 10.1 Å². The van der Waals surface area contributed by atoms with Gasteiger partial charge in [-0.05, 0) is 24.6 Å². The van der Waals surface area contributed by atoms with Crippen LogP contribution >= 0.6 is 0 Å². The number of nitrogens with two attached hydrogens (primary N) is 1. The van der Waals surface area contributed by atoms with Crippen LogP contribution in [0.4, 0.5) is 0 Å². The van der Waals surface area contributed by atoms with Crippen molar-refractivity contribution in [1.29, 1.82) is 0 Å². The molecule has 6 heteroatoms. The third-order valence-corrected chi connectivity index (χ3v) is 2.31. The third-order valence-electron chi connectivity index (χ3n) is 2.31. The largest absolute Gasteiger partial charge is 0.490 e. The Bertz CT molecular complexity index is 485. The van der Waals surface area contributed by atoms with Crippen LogP contribution in [0.5, 0.6) is 11.5 Å². The minimum atomic E-state index is 0.235. The number of ether oxygens (including phenoxy) is 2. The van der Waals surface area contributed by atoms with E-state index in [0.29, 0.717) is 30.5 Å². The predicted octanol–water partition coefficient (Wildman–Crippen LogP) is 1.51. The van der Waals surface area contributed by atoms with Crippen LogP contribution in [-0.2, 0) is 13.2 Å². The summed E-state index contributed by atoms with van der Waals surface area (Å²) in [6.45, 7) is 3.18. The van der Waals surface area contributed by atoms with Crippen molar-refractivity contribution < 1.29 is 14.0 Å². The summed E-state index contributed by atoms with van der Waals surface area (Å²) in [5.74, 6) is 1.79. The summed E-state index contributed by atoms with van der Waals surface area (Å²) < 4.78 is 15.7. The minimum Gasteiger partial charge on any atom is -0.490 e. The Morgan fingerprint density at radius 1 is 1.28 bits per heavy atom. The molecule has 6 nitrogen and oxygen atoms in total. The van der Waals surface area contributed by atoms with Crippen molar-refractivity contribution >= 4 is 0 Å². The van der Waals surface area contributed by atoms with Crippen molar-refractivity contribution in [3.05, 3.63) is 36.0 Å². The lowest BCUT2D eigenvalue weighted by atomic mass is 10.2. The van der Waals surface area contributed by atoms with Crippen molar-refractivity contribution in [2.75, 3.05) is 6.61 Å². The molecular formula is C12H15N3O3. The molecule has 0 aliphatic heterocycles. The predicted molar refractivity (Wildman–Crippen MR) is 64.1 cm³/mol. The maximum absolute atomic E-state index is 5.59. The van der Waals surface area contributed by atoms with Gasteiger partial charge in [0.05, 0.1) is 6.61 Å². The average molecular weight is 249 g/mol. The Morgan fingerprint density at radius 2 is 2.17 bits per heavy atom. The van der Waals surface area contributed by atoms with Gasteiger partial charge in [0.1, 0.15) is 0 Å². The first-order valence-corrected chi connectivity index (χ1v) is 5.67. The van der Waals surface area contributed by atoms with Gasteiger partial charge >= 0.3 is 0 Å². The Morgan fingerprint density at radius 3 is 2.83 bits per heavy atom. The van der Waals surface area contributed by atoms with E-state index in [1.54, 1.807) is 0 Å². The van der Waals surface area contributed by atoms with Gasteiger partial charge in [0.15, 0.2) is 18.1 Å². The summed E-state index contributed by atoms with van der Waals surface area (Å²) in [5, 5.41) is 3.67. The highest BCUT2D eigenvalue weighted by Crippen LogP contribution is 2.28. The molecule has 0 fully saturated rings. The van der Waals surface area contributed by atoms with Crippen LogP contribution in [0.3, 0.4) is 0 Å². The first kappa shape index (κ1) is 12.4. The maximum Gasteiger partial charge on any atom is 0.213 e. The van der Waals surface area contributed by atoms with Gasteiger partial charge in [-0.2, -0.15) is 4.98 Å². The van der Waals surface area contributed by atoms with Gasteiger partial charge in [-0.25, -0.2) is 0 Å². The van der Waals surface area contributed by atoms with E-state index < -0.39 is 0 Å². The number of nitrogens with zero attached hydrogens (tertiary/aromatic N) is 2. The molecule has 0 aliphatic carbocycles. The first-order chi connectivity index (χ1) is 8.83. The van der Waals surface area contributed by atoms with Crippen LogP contribution in [0, 0.1) is 0 Å². The maximum atomic E-state index is 5.59. The molecule has 0 unspecified atom stereocenters. The van der Waals surface area contributed by atoms with Gasteiger partial charge in [0, 0.05) is 6.54 Å². The fourth-order valence-corrected chi connectivity index (χ4v) is 1.47. The van der Waals surface area contributed by atoms with E-state index in [1.165, 1.54) is 6.39 Å². The molecule has 0 saturated heterocycles. The molecule has 0 bridgehead atoms. The zero-order valence-corrected chi connectivity index (χ0v) is 10.1. The summed E-state index contributed by atoms with van der Waals surface area (Å²) >= 11 is 0. The average Bonchev–Trinajstić information content (AvgIpc) is 2.90. The molecule has 1 aromatic heterocycles. The smallest absolute Gasteiger partial charge is 0.213 e. The molecule has 1 aromatic carbocycles. The fraction of sp³-hybridized carbons (Fsp3) is 0.333. The highest BCUT2D eigenvalue weighted by atomic mass is 16.5. The lowest BCUT2D eigenvalue weighted by Crippen LogP contribution is -2.03. The SMILES string of the molecule is CCOc1cc(CN)ccc1OCc1ncon1. The van der Waals surface area contributed by atoms with Crippen LogP contribution < -0.4 is 15.2 Å². The van der Waals surface area contributed by atoms with Crippen LogP contribution in [0.2, 0.25) is 0 Å². The van der Waals surface area contributed by atoms with Crippen LogP contribution in [-0.4, -0.2) is 16.7 Å². The summed E-state index contributed by atoms with van der Waals surface area (Å²) in [5.41, 5.74) is 6.58. The number of benzene rings is 1. The van der Waals surface area contributed by atoms with Crippen LogP contribution in [0.1, 0.15) is 18.3 Å². The monoisotopic (exact) mass is 249 g/mol. The van der Waals surface area contributed by atoms with Crippen LogP contribution in [0.15, 0.2) is 29.1 Å². The van der Waals surface area contributed by atoms with Crippen molar-refractivity contribution in [2.45, 2.75) is 20.1 Å². The van der Waals surface area contributed by atoms with E-state index in [0.717, 1.165) is 5.56 Å². The quantitative estimate of drug-likeness (QED) is 0.835. The van der Waals surface area contributed by atoms with Crippen LogP contribution in [0.25, 0.3) is 0 Å². The zero-order valence-electron chi connectivity index (χ0n) is 10.1. The summed E-state index contributed by atoms with van der Waals surface area (Å²) in [6, 6.07) is 5.59. The molecule has 96 valence electrons. The number of hydrogen-bond donors (Lipinski definition) is 1. The fourth-order valence-electron chi connectivity index (χ4n) is 1.47. The molecule has 18 heavy (non-hydrogen) atoms. The number of hydrogen-bond acceptors (Lipinski definition) is 6. The molecule has 0 radical (unpaired) electrons. The molecule has 2 aromatic rings. The second-order valence-electron chi connectivity index (χ2n) is 3.55. The summed E-state index contributed by atoms with van der Waals surface area (Å²) in [7, 11) is 0. The Balaban J connectivity index is 2.10. The highest BCUT2D eigenvalue weighted by Gasteiger charge is 2.07. The normalized spacial score (nSPS) is 10.3. The zero-order chi connectivity index (χ0) is 12.8. The standard InChI is InChI=1S/C12H15N3O3/c1-2-16-11-5-9(6-13)3-4-10(11)17-7-12-14-8-18-15-12/h3-5,8H,2,6-7,13H2,1H3. The van der Waals surface area contributed by atoms with E-state index in [1.807, 2.05) is 25.1 Å². The minimum absolute atomic E-state index is 0.235. The topological polar surface area (TPSA) is 83.4 Å². The molecule has 1 heterocycles. The van der Waals surface area contributed by atoms with Crippen molar-refractivity contribution in [2.24, 2.45) is 5.73 Å². The van der Waals surface area contributed by atoms with Gasteiger partial charge in [0.2, 0.25) is 12.2 Å². The molecule has 0 saturated carbocycles. The molecule has 0 spiro atoms. The summed E-state index contributed by atoms with van der Waals surface area (Å²) in [4.78, 5) is 3.88. The Kier molecular flexibility index (Phi) is 4.14.